The summed E-state index contributed by atoms with van der Waals surface area (Å²) in [4.78, 5) is 44.9. The summed E-state index contributed by atoms with van der Waals surface area (Å²) >= 11 is 0. The van der Waals surface area contributed by atoms with Crippen LogP contribution in [0.2, 0.25) is 0 Å². The minimum Gasteiger partial charge on any atom is -0.493 e. The van der Waals surface area contributed by atoms with Gasteiger partial charge in [0.2, 0.25) is 11.7 Å². The van der Waals surface area contributed by atoms with Gasteiger partial charge in [-0.15, -0.1) is 0 Å². The molecule has 0 bridgehead atoms. The number of primary amides is 1. The van der Waals surface area contributed by atoms with Gasteiger partial charge in [-0.25, -0.2) is 9.37 Å². The van der Waals surface area contributed by atoms with Crippen molar-refractivity contribution in [3.63, 3.8) is 0 Å². The van der Waals surface area contributed by atoms with Crippen LogP contribution in [0.25, 0.3) is 0 Å². The lowest BCUT2D eigenvalue weighted by Crippen LogP contribution is -2.48. The maximum Gasteiger partial charge on any atom is 0.417 e. The number of rotatable bonds is 6. The third kappa shape index (κ3) is 5.56. The highest BCUT2D eigenvalue weighted by Crippen LogP contribution is 2.55. The van der Waals surface area contributed by atoms with E-state index in [1.807, 2.05) is 0 Å². The molecule has 4 rings (SSSR count). The van der Waals surface area contributed by atoms with Gasteiger partial charge in [0.05, 0.1) is 7.11 Å². The highest BCUT2D eigenvalue weighted by molar-refractivity contribution is 5.98. The van der Waals surface area contributed by atoms with Gasteiger partial charge in [0, 0.05) is 62.3 Å². The zero-order chi connectivity index (χ0) is 31.1. The van der Waals surface area contributed by atoms with Crippen molar-refractivity contribution in [1.82, 2.24) is 9.88 Å². The molecular formula is C27H30F5N5O5. The third-order valence-corrected chi connectivity index (χ3v) is 7.95. The molecule has 0 unspecified atom stereocenters. The Morgan fingerprint density at radius 1 is 1.14 bits per heavy atom. The molecule has 2 aliphatic heterocycles. The number of aromatic nitrogens is 1. The summed E-state index contributed by atoms with van der Waals surface area (Å²) in [6.45, 7) is 4.88. The predicted octanol–water partition coefficient (Wildman–Crippen LogP) is 3.21. The van der Waals surface area contributed by atoms with Crippen LogP contribution in [0.15, 0.2) is 24.3 Å². The van der Waals surface area contributed by atoms with E-state index in [4.69, 9.17) is 15.2 Å². The highest BCUT2D eigenvalue weighted by Gasteiger charge is 2.66. The van der Waals surface area contributed by atoms with Crippen LogP contribution in [0, 0.1) is 17.6 Å². The summed E-state index contributed by atoms with van der Waals surface area (Å²) in [7, 11) is 1.03. The molecule has 3 N–H and O–H groups in total. The van der Waals surface area contributed by atoms with Crippen molar-refractivity contribution in [3.8, 4) is 5.75 Å². The number of carbonyl (C=O) groups is 3. The first-order valence-corrected chi connectivity index (χ1v) is 13.0. The largest absolute Gasteiger partial charge is 0.493 e. The van der Waals surface area contributed by atoms with Crippen molar-refractivity contribution < 1.29 is 45.8 Å². The van der Waals surface area contributed by atoms with E-state index in [2.05, 4.69) is 10.3 Å². The SMILES string of the molecule is COc1c([C@H]2[C@H](C(=O)Nc3cc(C(N)=O)nc(N4CCN(C(C)=O)CC4)c3)O[C@@](C)(C(F)(F)F)[C@H]2C)ccc(F)c1F. The minimum absolute atomic E-state index is 0.0133. The standard InChI is InChI=1S/C27H30F5N5O5/c1-13-20(16-5-6-17(28)21(29)22(16)41-4)23(42-26(13,3)27(30,31)32)25(40)34-15-11-18(24(33)39)35-19(12-15)37-9-7-36(8-10-37)14(2)38/h5-6,11-13,20,23H,7-10H2,1-4H3,(H2,33,39)(H,34,35,40)/t13-,20-,23+,26+/m0/s1. The number of carbonyl (C=O) groups excluding carboxylic acids is 3. The van der Waals surface area contributed by atoms with Gasteiger partial charge in [-0.1, -0.05) is 13.0 Å². The van der Waals surface area contributed by atoms with Crippen LogP contribution in [0.1, 0.15) is 42.7 Å². The number of hydrogen-bond acceptors (Lipinski definition) is 7. The van der Waals surface area contributed by atoms with Crippen LogP contribution >= 0.6 is 0 Å². The third-order valence-electron chi connectivity index (χ3n) is 7.95. The molecule has 10 nitrogen and oxygen atoms in total. The summed E-state index contributed by atoms with van der Waals surface area (Å²) < 4.78 is 81.7. The fourth-order valence-electron chi connectivity index (χ4n) is 5.38. The Balaban J connectivity index is 1.71. The average molecular weight is 600 g/mol. The Morgan fingerprint density at radius 2 is 1.79 bits per heavy atom. The first kappa shape index (κ1) is 30.9. The summed E-state index contributed by atoms with van der Waals surface area (Å²) in [5.41, 5.74) is 2.17. The molecule has 0 radical (unpaired) electrons. The number of halogens is 5. The van der Waals surface area contributed by atoms with Crippen molar-refractivity contribution in [1.29, 1.82) is 0 Å². The van der Waals surface area contributed by atoms with E-state index in [0.717, 1.165) is 32.2 Å². The van der Waals surface area contributed by atoms with Gasteiger partial charge in [-0.2, -0.15) is 17.6 Å². The fourth-order valence-corrected chi connectivity index (χ4v) is 5.38. The molecule has 3 amide bonds. The fraction of sp³-hybridized carbons (Fsp3) is 0.481. The zero-order valence-electron chi connectivity index (χ0n) is 23.2. The molecule has 4 atom stereocenters. The van der Waals surface area contributed by atoms with E-state index in [0.29, 0.717) is 26.2 Å². The second-order valence-corrected chi connectivity index (χ2v) is 10.4. The Kier molecular flexibility index (Phi) is 8.36. The molecule has 3 heterocycles. The molecular weight excluding hydrogens is 569 g/mol. The number of hydrogen-bond donors (Lipinski definition) is 2. The van der Waals surface area contributed by atoms with E-state index in [-0.39, 0.29) is 28.7 Å². The number of ether oxygens (including phenoxy) is 2. The molecule has 2 aromatic rings. The summed E-state index contributed by atoms with van der Waals surface area (Å²) in [6, 6.07) is 4.35. The topological polar surface area (TPSA) is 127 Å². The zero-order valence-corrected chi connectivity index (χ0v) is 23.2. The molecule has 1 aromatic carbocycles. The van der Waals surface area contributed by atoms with Crippen LogP contribution in [0.3, 0.4) is 0 Å². The number of nitrogens with two attached hydrogens (primary N) is 1. The van der Waals surface area contributed by atoms with Crippen LogP contribution in [0.5, 0.6) is 5.75 Å². The summed E-state index contributed by atoms with van der Waals surface area (Å²) in [5, 5.41) is 2.48. The molecule has 42 heavy (non-hydrogen) atoms. The number of nitrogens with one attached hydrogen (secondary N) is 1. The van der Waals surface area contributed by atoms with Crippen LogP contribution < -0.4 is 20.7 Å². The molecule has 0 saturated carbocycles. The Labute approximate surface area is 237 Å². The maximum absolute atomic E-state index is 14.6. The Morgan fingerprint density at radius 3 is 2.33 bits per heavy atom. The number of benzene rings is 1. The molecule has 228 valence electrons. The van der Waals surface area contributed by atoms with Crippen molar-refractivity contribution in [2.24, 2.45) is 11.7 Å². The first-order valence-electron chi connectivity index (χ1n) is 13.0. The smallest absolute Gasteiger partial charge is 0.417 e. The van der Waals surface area contributed by atoms with Crippen molar-refractivity contribution in [3.05, 3.63) is 47.2 Å². The second kappa shape index (κ2) is 11.3. The van der Waals surface area contributed by atoms with E-state index in [1.54, 1.807) is 9.80 Å². The number of piperazine rings is 1. The summed E-state index contributed by atoms with van der Waals surface area (Å²) in [5.74, 6) is -8.04. The number of alkyl halides is 3. The van der Waals surface area contributed by atoms with Gasteiger partial charge in [-0.05, 0) is 19.1 Å². The Bertz CT molecular complexity index is 1400. The first-order chi connectivity index (χ1) is 19.6. The molecule has 0 aliphatic carbocycles. The monoisotopic (exact) mass is 599 g/mol. The van der Waals surface area contributed by atoms with Crippen LogP contribution in [-0.2, 0) is 14.3 Å². The predicted molar refractivity (Wildman–Crippen MR) is 140 cm³/mol. The van der Waals surface area contributed by atoms with Gasteiger partial charge in [0.15, 0.2) is 17.2 Å². The number of methoxy groups -OCH3 is 1. The van der Waals surface area contributed by atoms with Crippen molar-refractivity contribution >= 4 is 29.2 Å². The van der Waals surface area contributed by atoms with Gasteiger partial charge < -0.3 is 30.3 Å². The molecule has 1 aromatic heterocycles. The van der Waals surface area contributed by atoms with Crippen LogP contribution in [0.4, 0.5) is 33.5 Å². The normalized spacial score (nSPS) is 24.5. The summed E-state index contributed by atoms with van der Waals surface area (Å²) in [6.07, 6.45) is -6.77. The van der Waals surface area contributed by atoms with Gasteiger partial charge in [0.25, 0.3) is 11.8 Å². The number of amides is 3. The quantitative estimate of drug-likeness (QED) is 0.489. The molecule has 15 heteroatoms. The minimum atomic E-state index is -4.93. The van der Waals surface area contributed by atoms with Crippen LogP contribution in [-0.4, -0.2) is 78.8 Å². The van der Waals surface area contributed by atoms with E-state index < -0.39 is 58.9 Å². The second-order valence-electron chi connectivity index (χ2n) is 10.4. The number of pyridine rings is 1. The lowest BCUT2D eigenvalue weighted by Gasteiger charge is -2.35. The van der Waals surface area contributed by atoms with Crippen molar-refractivity contribution in [2.45, 2.75) is 44.6 Å². The van der Waals surface area contributed by atoms with Crippen molar-refractivity contribution in [2.75, 3.05) is 43.5 Å². The lowest BCUT2D eigenvalue weighted by molar-refractivity contribution is -0.272. The number of anilines is 2. The van der Waals surface area contributed by atoms with Gasteiger partial charge in [0.1, 0.15) is 17.6 Å². The molecule has 0 spiro atoms. The van der Waals surface area contributed by atoms with E-state index >= 15 is 0 Å². The lowest BCUT2D eigenvalue weighted by atomic mass is 9.77. The van der Waals surface area contributed by atoms with E-state index in [1.165, 1.54) is 19.9 Å². The van der Waals surface area contributed by atoms with E-state index in [9.17, 15) is 36.3 Å². The highest BCUT2D eigenvalue weighted by atomic mass is 19.4. The molecule has 2 saturated heterocycles. The average Bonchev–Trinajstić information content (AvgIpc) is 3.21. The maximum atomic E-state index is 14.6. The van der Waals surface area contributed by atoms with Gasteiger partial charge >= 0.3 is 6.18 Å². The molecule has 2 aliphatic rings. The Hall–Kier alpha value is -4.01. The number of nitrogens with zero attached hydrogens (tertiary/aromatic N) is 3. The van der Waals surface area contributed by atoms with Gasteiger partial charge in [-0.3, -0.25) is 14.4 Å². The molecule has 2 fully saturated rings.